The van der Waals surface area contributed by atoms with Gasteiger partial charge in [0.2, 0.25) is 5.91 Å². The van der Waals surface area contributed by atoms with Crippen LogP contribution in [0, 0.1) is 0 Å². The van der Waals surface area contributed by atoms with Crippen molar-refractivity contribution in [3.63, 3.8) is 0 Å². The van der Waals surface area contributed by atoms with Crippen LogP contribution in [0.1, 0.15) is 55.5 Å². The summed E-state index contributed by atoms with van der Waals surface area (Å²) in [6.07, 6.45) is 3.43. The lowest BCUT2D eigenvalue weighted by molar-refractivity contribution is -0.122. The smallest absolute Gasteiger partial charge is 0.220 e. The molecule has 0 spiro atoms. The number of hydrogen-bond acceptors (Lipinski definition) is 3. The van der Waals surface area contributed by atoms with Crippen LogP contribution in [-0.2, 0) is 11.2 Å². The van der Waals surface area contributed by atoms with Crippen LogP contribution in [0.15, 0.2) is 24.3 Å². The molecule has 2 unspecified atom stereocenters. The molecular weight excluding hydrogens is 312 g/mol. The lowest BCUT2D eigenvalue weighted by Crippen LogP contribution is -2.46. The largest absolute Gasteiger partial charge is 0.353 e. The van der Waals surface area contributed by atoms with Crippen molar-refractivity contribution in [1.82, 2.24) is 10.6 Å². The number of aryl methyl sites for hydroxylation is 1. The number of halogens is 1. The fraction of sp³-hybridized carbons (Fsp3) is 0.556. The van der Waals surface area contributed by atoms with Gasteiger partial charge in [-0.15, -0.1) is 12.4 Å². The molecule has 2 N–H and O–H groups in total. The van der Waals surface area contributed by atoms with Crippen molar-refractivity contribution >= 4 is 24.1 Å². The molecule has 23 heavy (non-hydrogen) atoms. The molecule has 4 nitrogen and oxygen atoms in total. The number of ketones is 1. The summed E-state index contributed by atoms with van der Waals surface area (Å²) in [4.78, 5) is 24.1. The van der Waals surface area contributed by atoms with Crippen molar-refractivity contribution in [2.24, 2.45) is 0 Å². The standard InChI is InChI=1S/C18H26N2O2.ClH/c1-3-14-4-6-15(7-5-14)17(21)8-9-18(22)20-16-10-11-19-13(2)12-16;/h4-7,13,16,19H,3,8-12H2,1-2H3,(H,20,22);1H. The van der Waals surface area contributed by atoms with Gasteiger partial charge in [-0.3, -0.25) is 9.59 Å². The normalized spacial score (nSPS) is 20.4. The van der Waals surface area contributed by atoms with E-state index < -0.39 is 0 Å². The van der Waals surface area contributed by atoms with Crippen molar-refractivity contribution < 1.29 is 9.59 Å². The van der Waals surface area contributed by atoms with Gasteiger partial charge >= 0.3 is 0 Å². The van der Waals surface area contributed by atoms with E-state index in [1.165, 1.54) is 5.56 Å². The summed E-state index contributed by atoms with van der Waals surface area (Å²) in [6, 6.07) is 8.34. The molecule has 2 rings (SSSR count). The molecule has 1 heterocycles. The molecule has 0 aromatic heterocycles. The Morgan fingerprint density at radius 2 is 1.91 bits per heavy atom. The number of nitrogens with one attached hydrogen (secondary N) is 2. The van der Waals surface area contributed by atoms with Gasteiger partial charge in [0.15, 0.2) is 5.78 Å². The first-order chi connectivity index (χ1) is 10.6. The predicted molar refractivity (Wildman–Crippen MR) is 95.3 cm³/mol. The summed E-state index contributed by atoms with van der Waals surface area (Å²) in [5.41, 5.74) is 1.91. The van der Waals surface area contributed by atoms with Crippen LogP contribution in [0.25, 0.3) is 0 Å². The van der Waals surface area contributed by atoms with E-state index in [0.717, 1.165) is 25.8 Å². The van der Waals surface area contributed by atoms with E-state index in [2.05, 4.69) is 24.5 Å². The van der Waals surface area contributed by atoms with E-state index in [1.54, 1.807) is 0 Å². The first-order valence-corrected chi connectivity index (χ1v) is 8.23. The minimum absolute atomic E-state index is 0. The lowest BCUT2D eigenvalue weighted by Gasteiger charge is -2.28. The summed E-state index contributed by atoms with van der Waals surface area (Å²) >= 11 is 0. The Kier molecular flexibility index (Phi) is 8.28. The van der Waals surface area contributed by atoms with Gasteiger partial charge in [0, 0.05) is 30.5 Å². The second-order valence-corrected chi connectivity index (χ2v) is 6.12. The molecule has 128 valence electrons. The van der Waals surface area contributed by atoms with E-state index in [-0.39, 0.29) is 43.0 Å². The molecule has 0 aliphatic carbocycles. The van der Waals surface area contributed by atoms with Gasteiger partial charge in [-0.05, 0) is 38.3 Å². The molecule has 1 aromatic rings. The zero-order valence-electron chi connectivity index (χ0n) is 13.9. The number of carbonyl (C=O) groups is 2. The maximum absolute atomic E-state index is 12.1. The fourth-order valence-corrected chi connectivity index (χ4v) is 2.86. The molecular formula is C18H27ClN2O2. The minimum atomic E-state index is -0.0161. The monoisotopic (exact) mass is 338 g/mol. The van der Waals surface area contributed by atoms with Gasteiger partial charge < -0.3 is 10.6 Å². The molecule has 2 atom stereocenters. The van der Waals surface area contributed by atoms with Gasteiger partial charge in [0.25, 0.3) is 0 Å². The SMILES string of the molecule is CCc1ccc(C(=O)CCC(=O)NC2CCNC(C)C2)cc1.Cl. The average molecular weight is 339 g/mol. The third-order valence-electron chi connectivity index (χ3n) is 4.25. The van der Waals surface area contributed by atoms with E-state index >= 15 is 0 Å². The predicted octanol–water partition coefficient (Wildman–Crippen LogP) is 2.89. The summed E-state index contributed by atoms with van der Waals surface area (Å²) in [5, 5.41) is 6.40. The number of piperidine rings is 1. The van der Waals surface area contributed by atoms with Crippen LogP contribution >= 0.6 is 12.4 Å². The van der Waals surface area contributed by atoms with Crippen LogP contribution in [0.4, 0.5) is 0 Å². The van der Waals surface area contributed by atoms with Crippen LogP contribution in [0.5, 0.6) is 0 Å². The van der Waals surface area contributed by atoms with Crippen LogP contribution in [0.2, 0.25) is 0 Å². The number of amides is 1. The summed E-state index contributed by atoms with van der Waals surface area (Å²) in [7, 11) is 0. The zero-order valence-corrected chi connectivity index (χ0v) is 14.7. The van der Waals surface area contributed by atoms with Crippen LogP contribution < -0.4 is 10.6 Å². The van der Waals surface area contributed by atoms with Crippen LogP contribution in [-0.4, -0.2) is 30.3 Å². The third-order valence-corrected chi connectivity index (χ3v) is 4.25. The maximum atomic E-state index is 12.1. The highest BCUT2D eigenvalue weighted by molar-refractivity contribution is 5.98. The van der Waals surface area contributed by atoms with Gasteiger partial charge in [-0.25, -0.2) is 0 Å². The van der Waals surface area contributed by atoms with E-state index in [1.807, 2.05) is 24.3 Å². The molecule has 1 aliphatic rings. The number of hydrogen-bond donors (Lipinski definition) is 2. The molecule has 1 amide bonds. The highest BCUT2D eigenvalue weighted by Crippen LogP contribution is 2.11. The fourth-order valence-electron chi connectivity index (χ4n) is 2.86. The molecule has 1 saturated heterocycles. The highest BCUT2D eigenvalue weighted by Gasteiger charge is 2.20. The first kappa shape index (κ1) is 19.7. The first-order valence-electron chi connectivity index (χ1n) is 8.23. The summed E-state index contributed by atoms with van der Waals surface area (Å²) in [5.74, 6) is 0.0223. The highest BCUT2D eigenvalue weighted by atomic mass is 35.5. The Balaban J connectivity index is 0.00000264. The van der Waals surface area contributed by atoms with Crippen molar-refractivity contribution in [3.05, 3.63) is 35.4 Å². The van der Waals surface area contributed by atoms with Crippen molar-refractivity contribution in [3.8, 4) is 0 Å². The van der Waals surface area contributed by atoms with E-state index in [4.69, 9.17) is 0 Å². The third kappa shape index (κ3) is 6.32. The molecule has 1 fully saturated rings. The quantitative estimate of drug-likeness (QED) is 0.784. The Morgan fingerprint density at radius 1 is 1.22 bits per heavy atom. The number of benzene rings is 1. The Labute approximate surface area is 144 Å². The van der Waals surface area contributed by atoms with Crippen LogP contribution in [0.3, 0.4) is 0 Å². The van der Waals surface area contributed by atoms with Gasteiger partial charge in [-0.2, -0.15) is 0 Å². The van der Waals surface area contributed by atoms with Gasteiger partial charge in [0.05, 0.1) is 0 Å². The molecule has 0 saturated carbocycles. The zero-order chi connectivity index (χ0) is 15.9. The van der Waals surface area contributed by atoms with Crippen molar-refractivity contribution in [2.75, 3.05) is 6.54 Å². The van der Waals surface area contributed by atoms with Crippen molar-refractivity contribution in [1.29, 1.82) is 0 Å². The molecule has 5 heteroatoms. The Hall–Kier alpha value is -1.39. The van der Waals surface area contributed by atoms with Gasteiger partial charge in [0.1, 0.15) is 0 Å². The minimum Gasteiger partial charge on any atom is -0.353 e. The molecule has 1 aromatic carbocycles. The number of rotatable bonds is 6. The Bertz CT molecular complexity index is 516. The summed E-state index contributed by atoms with van der Waals surface area (Å²) < 4.78 is 0. The second-order valence-electron chi connectivity index (χ2n) is 6.12. The lowest BCUT2D eigenvalue weighted by atomic mass is 10.00. The van der Waals surface area contributed by atoms with E-state index in [9.17, 15) is 9.59 Å². The Morgan fingerprint density at radius 3 is 2.52 bits per heavy atom. The number of carbonyl (C=O) groups excluding carboxylic acids is 2. The second kappa shape index (κ2) is 9.68. The number of Topliss-reactive ketones (excluding diaryl/α,β-unsaturated/α-hetero) is 1. The van der Waals surface area contributed by atoms with Gasteiger partial charge in [-0.1, -0.05) is 31.2 Å². The molecule has 0 radical (unpaired) electrons. The van der Waals surface area contributed by atoms with E-state index in [0.29, 0.717) is 11.6 Å². The topological polar surface area (TPSA) is 58.2 Å². The summed E-state index contributed by atoms with van der Waals surface area (Å²) in [6.45, 7) is 5.15. The molecule has 1 aliphatic heterocycles. The average Bonchev–Trinajstić information content (AvgIpc) is 2.52. The van der Waals surface area contributed by atoms with Crippen molar-refractivity contribution in [2.45, 2.75) is 58.0 Å². The molecule has 0 bridgehead atoms. The maximum Gasteiger partial charge on any atom is 0.220 e.